The third-order valence-corrected chi connectivity index (χ3v) is 4.72. The molecule has 1 saturated heterocycles. The Kier molecular flexibility index (Phi) is 5.14. The van der Waals surface area contributed by atoms with Crippen LogP contribution in [-0.2, 0) is 16.1 Å². The molecule has 134 valence electrons. The Balaban J connectivity index is 1.58. The van der Waals surface area contributed by atoms with Crippen molar-refractivity contribution in [3.05, 3.63) is 28.5 Å². The monoisotopic (exact) mass is 363 g/mol. The van der Waals surface area contributed by atoms with Crippen LogP contribution in [0.3, 0.4) is 0 Å². The van der Waals surface area contributed by atoms with Gasteiger partial charge in [0.05, 0.1) is 35.3 Å². The summed E-state index contributed by atoms with van der Waals surface area (Å²) in [7, 11) is 0. The van der Waals surface area contributed by atoms with E-state index in [1.54, 1.807) is 17.3 Å². The van der Waals surface area contributed by atoms with Crippen LogP contribution in [-0.4, -0.2) is 56.8 Å². The number of hydrogen-bond acceptors (Lipinski definition) is 6. The number of hydrogen-bond donors (Lipinski definition) is 1. The zero-order valence-corrected chi connectivity index (χ0v) is 15.2. The van der Waals surface area contributed by atoms with E-state index in [1.807, 2.05) is 20.8 Å². The highest BCUT2D eigenvalue weighted by molar-refractivity contribution is 7.13. The molecule has 0 saturated carbocycles. The van der Waals surface area contributed by atoms with E-state index in [9.17, 15) is 9.59 Å². The number of amides is 2. The molecule has 0 bridgehead atoms. The molecule has 1 fully saturated rings. The van der Waals surface area contributed by atoms with Crippen molar-refractivity contribution < 1.29 is 14.3 Å². The van der Waals surface area contributed by atoms with E-state index in [-0.39, 0.29) is 30.6 Å². The molecule has 2 unspecified atom stereocenters. The summed E-state index contributed by atoms with van der Waals surface area (Å²) in [5, 5.41) is 7.75. The smallest absolute Gasteiger partial charge is 0.267 e. The molecule has 9 heteroatoms. The highest BCUT2D eigenvalue weighted by atomic mass is 32.1. The standard InChI is InChI=1S/C16H21N5O3S/c1-10-6-20(7-11(2)24-10)15(22)9-21-8-13(4-18-21)19-16(23)14-5-17-12(3)25-14/h4-5,8,10-11H,6-7,9H2,1-3H3,(H,19,23). The molecule has 1 aliphatic rings. The van der Waals surface area contributed by atoms with Gasteiger partial charge in [0.25, 0.3) is 5.91 Å². The number of aromatic nitrogens is 3. The number of thiazole rings is 1. The van der Waals surface area contributed by atoms with E-state index in [4.69, 9.17) is 4.74 Å². The second-order valence-corrected chi connectivity index (χ2v) is 7.42. The minimum absolute atomic E-state index is 0.0129. The SMILES string of the molecule is Cc1ncc(C(=O)Nc2cnn(CC(=O)N3CC(C)OC(C)C3)c2)s1. The van der Waals surface area contributed by atoms with Crippen LogP contribution in [0, 0.1) is 6.92 Å². The van der Waals surface area contributed by atoms with Crippen LogP contribution in [0.2, 0.25) is 0 Å². The Morgan fingerprint density at radius 1 is 1.32 bits per heavy atom. The highest BCUT2D eigenvalue weighted by Gasteiger charge is 2.26. The summed E-state index contributed by atoms with van der Waals surface area (Å²) in [6, 6.07) is 0. The van der Waals surface area contributed by atoms with Gasteiger partial charge in [0, 0.05) is 19.3 Å². The van der Waals surface area contributed by atoms with Crippen molar-refractivity contribution in [1.82, 2.24) is 19.7 Å². The molecule has 0 spiro atoms. The molecular weight excluding hydrogens is 342 g/mol. The summed E-state index contributed by atoms with van der Waals surface area (Å²) in [5.41, 5.74) is 0.549. The van der Waals surface area contributed by atoms with Crippen molar-refractivity contribution in [3.8, 4) is 0 Å². The fourth-order valence-electron chi connectivity index (χ4n) is 2.79. The number of aryl methyl sites for hydroxylation is 1. The molecule has 2 aromatic rings. The van der Waals surface area contributed by atoms with Crippen LogP contribution in [0.15, 0.2) is 18.6 Å². The number of nitrogens with one attached hydrogen (secondary N) is 1. The Bertz CT molecular complexity index is 761. The minimum Gasteiger partial charge on any atom is -0.372 e. The Labute approximate surface area is 149 Å². The number of nitrogens with zero attached hydrogens (tertiary/aromatic N) is 4. The van der Waals surface area contributed by atoms with Crippen LogP contribution >= 0.6 is 11.3 Å². The van der Waals surface area contributed by atoms with Crippen LogP contribution in [0.4, 0.5) is 5.69 Å². The van der Waals surface area contributed by atoms with Crippen LogP contribution in [0.1, 0.15) is 28.5 Å². The number of rotatable bonds is 4. The van der Waals surface area contributed by atoms with Crippen LogP contribution in [0.5, 0.6) is 0 Å². The molecule has 0 aliphatic carbocycles. The number of anilines is 1. The van der Waals surface area contributed by atoms with Gasteiger partial charge in [-0.15, -0.1) is 11.3 Å². The molecular formula is C16H21N5O3S. The highest BCUT2D eigenvalue weighted by Crippen LogP contribution is 2.15. The molecule has 0 radical (unpaired) electrons. The summed E-state index contributed by atoms with van der Waals surface area (Å²) in [6.45, 7) is 7.06. The summed E-state index contributed by atoms with van der Waals surface area (Å²) >= 11 is 1.33. The molecule has 2 atom stereocenters. The second kappa shape index (κ2) is 7.32. The molecule has 0 aromatic carbocycles. The molecule has 1 aliphatic heterocycles. The topological polar surface area (TPSA) is 89.3 Å². The first-order valence-electron chi connectivity index (χ1n) is 8.10. The van der Waals surface area contributed by atoms with E-state index in [2.05, 4.69) is 15.4 Å². The van der Waals surface area contributed by atoms with E-state index in [1.165, 1.54) is 22.2 Å². The molecule has 25 heavy (non-hydrogen) atoms. The zero-order chi connectivity index (χ0) is 18.0. The molecule has 1 N–H and O–H groups in total. The summed E-state index contributed by atoms with van der Waals surface area (Å²) in [4.78, 5) is 30.9. The first-order valence-corrected chi connectivity index (χ1v) is 8.92. The molecule has 2 amide bonds. The fraction of sp³-hybridized carbons (Fsp3) is 0.500. The van der Waals surface area contributed by atoms with Gasteiger partial charge in [-0.05, 0) is 20.8 Å². The third-order valence-electron chi connectivity index (χ3n) is 3.81. The quantitative estimate of drug-likeness (QED) is 0.890. The van der Waals surface area contributed by atoms with Gasteiger partial charge >= 0.3 is 0 Å². The van der Waals surface area contributed by atoms with Crippen molar-refractivity contribution >= 4 is 28.8 Å². The number of carbonyl (C=O) groups is 2. The zero-order valence-electron chi connectivity index (χ0n) is 14.4. The predicted molar refractivity (Wildman–Crippen MR) is 93.6 cm³/mol. The largest absolute Gasteiger partial charge is 0.372 e. The van der Waals surface area contributed by atoms with Crippen molar-refractivity contribution in [1.29, 1.82) is 0 Å². The average molecular weight is 363 g/mol. The van der Waals surface area contributed by atoms with Crippen LogP contribution in [0.25, 0.3) is 0 Å². The molecule has 8 nitrogen and oxygen atoms in total. The van der Waals surface area contributed by atoms with Crippen molar-refractivity contribution in [2.45, 2.75) is 39.5 Å². The molecule has 2 aromatic heterocycles. The van der Waals surface area contributed by atoms with Gasteiger partial charge < -0.3 is 15.0 Å². The van der Waals surface area contributed by atoms with Gasteiger partial charge in [-0.25, -0.2) is 4.98 Å². The minimum atomic E-state index is -0.229. The maximum atomic E-state index is 12.4. The average Bonchev–Trinajstić information content (AvgIpc) is 3.15. The Morgan fingerprint density at radius 2 is 2.04 bits per heavy atom. The number of morpholine rings is 1. The lowest BCUT2D eigenvalue weighted by molar-refractivity contribution is -0.144. The van der Waals surface area contributed by atoms with Gasteiger partial charge in [0.2, 0.25) is 5.91 Å². The number of carbonyl (C=O) groups excluding carboxylic acids is 2. The number of ether oxygens (including phenoxy) is 1. The lowest BCUT2D eigenvalue weighted by Crippen LogP contribution is -2.49. The normalized spacial score (nSPS) is 20.5. The van der Waals surface area contributed by atoms with Crippen LogP contribution < -0.4 is 5.32 Å². The van der Waals surface area contributed by atoms with Gasteiger partial charge in [0.15, 0.2) is 0 Å². The fourth-order valence-corrected chi connectivity index (χ4v) is 3.47. The first-order chi connectivity index (χ1) is 11.9. The molecule has 3 heterocycles. The van der Waals surface area contributed by atoms with Crippen molar-refractivity contribution in [2.24, 2.45) is 0 Å². The Morgan fingerprint density at radius 3 is 2.68 bits per heavy atom. The van der Waals surface area contributed by atoms with E-state index in [0.717, 1.165) is 5.01 Å². The van der Waals surface area contributed by atoms with Gasteiger partial charge in [-0.1, -0.05) is 0 Å². The van der Waals surface area contributed by atoms with Gasteiger partial charge in [0.1, 0.15) is 11.4 Å². The first kappa shape index (κ1) is 17.6. The lowest BCUT2D eigenvalue weighted by atomic mass is 10.2. The van der Waals surface area contributed by atoms with Gasteiger partial charge in [-0.3, -0.25) is 14.3 Å². The second-order valence-electron chi connectivity index (χ2n) is 6.18. The summed E-state index contributed by atoms with van der Waals surface area (Å²) < 4.78 is 7.17. The van der Waals surface area contributed by atoms with E-state index < -0.39 is 0 Å². The third kappa shape index (κ3) is 4.43. The van der Waals surface area contributed by atoms with Crippen molar-refractivity contribution in [2.75, 3.05) is 18.4 Å². The maximum absolute atomic E-state index is 12.4. The summed E-state index contributed by atoms with van der Waals surface area (Å²) in [5.74, 6) is -0.242. The molecule has 3 rings (SSSR count). The van der Waals surface area contributed by atoms with E-state index >= 15 is 0 Å². The van der Waals surface area contributed by atoms with E-state index in [0.29, 0.717) is 23.7 Å². The lowest BCUT2D eigenvalue weighted by Gasteiger charge is -2.35. The van der Waals surface area contributed by atoms with Gasteiger partial charge in [-0.2, -0.15) is 5.10 Å². The van der Waals surface area contributed by atoms with Crippen molar-refractivity contribution in [3.63, 3.8) is 0 Å². The summed E-state index contributed by atoms with van der Waals surface area (Å²) in [6.07, 6.45) is 4.79. The maximum Gasteiger partial charge on any atom is 0.267 e. The predicted octanol–water partition coefficient (Wildman–Crippen LogP) is 1.54. The Hall–Kier alpha value is -2.26.